The lowest BCUT2D eigenvalue weighted by molar-refractivity contribution is -0.144. The van der Waals surface area contributed by atoms with Crippen LogP contribution in [0.1, 0.15) is 31.4 Å². The third kappa shape index (κ3) is 2.60. The summed E-state index contributed by atoms with van der Waals surface area (Å²) in [4.78, 5) is 39.6. The van der Waals surface area contributed by atoms with Crippen LogP contribution in [0.15, 0.2) is 47.6 Å². The average molecular weight is 407 g/mol. The molecule has 8 nitrogen and oxygen atoms in total. The summed E-state index contributed by atoms with van der Waals surface area (Å²) < 4.78 is 10.7. The van der Waals surface area contributed by atoms with E-state index < -0.39 is 23.3 Å². The van der Waals surface area contributed by atoms with Crippen LogP contribution < -0.4 is 14.4 Å². The standard InChI is InChI=1S/C22H21N3O5/c1-13(26)24-19-8-6-5-7-17(19)22(21(24)28)12-18(23-25(22)14(2)27)16-10-9-15(29-3)11-20(16)30-4/h5-11H,12H2,1-4H3/t22-/m0/s1. The Morgan fingerprint density at radius 2 is 1.77 bits per heavy atom. The molecule has 4 rings (SSSR count). The molecule has 0 saturated heterocycles. The molecule has 2 aromatic rings. The van der Waals surface area contributed by atoms with Crippen LogP contribution in [0.3, 0.4) is 0 Å². The molecule has 3 amide bonds. The van der Waals surface area contributed by atoms with Crippen molar-refractivity contribution in [3.05, 3.63) is 53.6 Å². The molecule has 2 aliphatic rings. The molecule has 154 valence electrons. The van der Waals surface area contributed by atoms with Gasteiger partial charge in [0.05, 0.1) is 25.6 Å². The highest BCUT2D eigenvalue weighted by Crippen LogP contribution is 2.50. The van der Waals surface area contributed by atoms with Gasteiger partial charge in [0.1, 0.15) is 11.5 Å². The Bertz CT molecular complexity index is 1110. The molecule has 0 bridgehead atoms. The number of rotatable bonds is 3. The lowest BCUT2D eigenvalue weighted by Gasteiger charge is -2.30. The van der Waals surface area contributed by atoms with Crippen molar-refractivity contribution in [2.45, 2.75) is 25.8 Å². The maximum atomic E-state index is 13.6. The molecular formula is C22H21N3O5. The van der Waals surface area contributed by atoms with Crippen molar-refractivity contribution in [1.29, 1.82) is 0 Å². The highest BCUT2D eigenvalue weighted by molar-refractivity contribution is 6.25. The van der Waals surface area contributed by atoms with E-state index in [-0.39, 0.29) is 6.42 Å². The molecule has 1 spiro atoms. The molecule has 8 heteroatoms. The SMILES string of the molecule is COc1ccc(C2=NN(C(C)=O)[C@]3(C2)C(=O)N(C(C)=O)c2ccccc23)c(OC)c1. The number of anilines is 1. The second-order valence-corrected chi connectivity index (χ2v) is 7.16. The predicted octanol–water partition coefficient (Wildman–Crippen LogP) is 2.45. The third-order valence-corrected chi connectivity index (χ3v) is 5.49. The third-order valence-electron chi connectivity index (χ3n) is 5.49. The first-order chi connectivity index (χ1) is 14.3. The fourth-order valence-electron chi connectivity index (χ4n) is 4.20. The summed E-state index contributed by atoms with van der Waals surface area (Å²) >= 11 is 0. The van der Waals surface area contributed by atoms with Gasteiger partial charge in [-0.1, -0.05) is 18.2 Å². The van der Waals surface area contributed by atoms with Gasteiger partial charge in [0.25, 0.3) is 5.91 Å². The Kier molecular flexibility index (Phi) is 4.57. The van der Waals surface area contributed by atoms with Crippen molar-refractivity contribution in [3.8, 4) is 11.5 Å². The van der Waals surface area contributed by atoms with Crippen molar-refractivity contribution < 1.29 is 23.9 Å². The topological polar surface area (TPSA) is 88.5 Å². The lowest BCUT2D eigenvalue weighted by atomic mass is 9.85. The van der Waals surface area contributed by atoms with Gasteiger partial charge in [-0.15, -0.1) is 0 Å². The summed E-state index contributed by atoms with van der Waals surface area (Å²) in [5, 5.41) is 5.71. The molecule has 0 N–H and O–H groups in total. The summed E-state index contributed by atoms with van der Waals surface area (Å²) in [5.74, 6) is -0.180. The summed E-state index contributed by atoms with van der Waals surface area (Å²) in [6, 6.07) is 12.2. The zero-order chi connectivity index (χ0) is 21.6. The predicted molar refractivity (Wildman–Crippen MR) is 110 cm³/mol. The smallest absolute Gasteiger partial charge is 0.266 e. The molecule has 2 aromatic carbocycles. The van der Waals surface area contributed by atoms with Gasteiger partial charge in [0.15, 0.2) is 5.54 Å². The number of amides is 3. The number of nitrogens with zero attached hydrogens (tertiary/aromatic N) is 3. The van der Waals surface area contributed by atoms with Gasteiger partial charge in [-0.2, -0.15) is 5.10 Å². The van der Waals surface area contributed by atoms with E-state index in [1.54, 1.807) is 49.6 Å². The van der Waals surface area contributed by atoms with Gasteiger partial charge in [-0.3, -0.25) is 14.4 Å². The number of hydrogen-bond acceptors (Lipinski definition) is 6. The largest absolute Gasteiger partial charge is 0.497 e. The van der Waals surface area contributed by atoms with Crippen molar-refractivity contribution in [1.82, 2.24) is 5.01 Å². The number of imide groups is 1. The monoisotopic (exact) mass is 407 g/mol. The number of carbonyl (C=O) groups excluding carboxylic acids is 3. The molecule has 0 saturated carbocycles. The highest BCUT2D eigenvalue weighted by atomic mass is 16.5. The number of para-hydroxylation sites is 1. The Balaban J connectivity index is 1.89. The Hall–Kier alpha value is -3.68. The normalized spacial score (nSPS) is 19.7. The highest BCUT2D eigenvalue weighted by Gasteiger charge is 2.60. The summed E-state index contributed by atoms with van der Waals surface area (Å²) in [6.07, 6.45) is 0.120. The quantitative estimate of drug-likeness (QED) is 0.780. The molecule has 2 heterocycles. The first-order valence-electron chi connectivity index (χ1n) is 9.40. The molecule has 0 fully saturated rings. The molecule has 2 aliphatic heterocycles. The van der Waals surface area contributed by atoms with E-state index in [1.807, 2.05) is 0 Å². The zero-order valence-corrected chi connectivity index (χ0v) is 17.1. The molecule has 0 aromatic heterocycles. The van der Waals surface area contributed by atoms with Crippen LogP contribution in [0.2, 0.25) is 0 Å². The van der Waals surface area contributed by atoms with Crippen molar-refractivity contribution >= 4 is 29.1 Å². The number of hydrazone groups is 1. The van der Waals surface area contributed by atoms with E-state index in [1.165, 1.54) is 26.0 Å². The minimum atomic E-state index is -1.41. The summed E-state index contributed by atoms with van der Waals surface area (Å²) in [6.45, 7) is 2.68. The van der Waals surface area contributed by atoms with Crippen LogP contribution in [-0.4, -0.2) is 42.7 Å². The second kappa shape index (κ2) is 6.98. The number of hydrogen-bond donors (Lipinski definition) is 0. The minimum Gasteiger partial charge on any atom is -0.497 e. The molecule has 0 radical (unpaired) electrons. The molecule has 0 aliphatic carbocycles. The number of ether oxygens (including phenoxy) is 2. The van der Waals surface area contributed by atoms with Gasteiger partial charge in [0.2, 0.25) is 11.8 Å². The summed E-state index contributed by atoms with van der Waals surface area (Å²) in [5.41, 5.74) is 0.797. The Morgan fingerprint density at radius 1 is 1.03 bits per heavy atom. The lowest BCUT2D eigenvalue weighted by Crippen LogP contribution is -2.51. The van der Waals surface area contributed by atoms with E-state index in [2.05, 4.69) is 5.10 Å². The fraction of sp³-hybridized carbons (Fsp3) is 0.273. The Morgan fingerprint density at radius 3 is 2.40 bits per heavy atom. The van der Waals surface area contributed by atoms with Crippen molar-refractivity contribution in [2.24, 2.45) is 5.10 Å². The maximum Gasteiger partial charge on any atom is 0.266 e. The first-order valence-corrected chi connectivity index (χ1v) is 9.40. The van der Waals surface area contributed by atoms with E-state index >= 15 is 0 Å². The van der Waals surface area contributed by atoms with Crippen LogP contribution in [0.25, 0.3) is 0 Å². The van der Waals surface area contributed by atoms with Crippen LogP contribution >= 0.6 is 0 Å². The van der Waals surface area contributed by atoms with Gasteiger partial charge >= 0.3 is 0 Å². The maximum absolute atomic E-state index is 13.6. The fourth-order valence-corrected chi connectivity index (χ4v) is 4.20. The van der Waals surface area contributed by atoms with Gasteiger partial charge in [0, 0.05) is 37.5 Å². The number of methoxy groups -OCH3 is 2. The van der Waals surface area contributed by atoms with Crippen molar-refractivity contribution in [2.75, 3.05) is 19.1 Å². The van der Waals surface area contributed by atoms with E-state index in [4.69, 9.17) is 9.47 Å². The van der Waals surface area contributed by atoms with Gasteiger partial charge < -0.3 is 9.47 Å². The van der Waals surface area contributed by atoms with Gasteiger partial charge in [-0.05, 0) is 18.2 Å². The summed E-state index contributed by atoms with van der Waals surface area (Å²) in [7, 11) is 3.08. The van der Waals surface area contributed by atoms with E-state index in [0.717, 1.165) is 4.90 Å². The Labute approximate surface area is 173 Å². The zero-order valence-electron chi connectivity index (χ0n) is 17.1. The van der Waals surface area contributed by atoms with Crippen LogP contribution in [0.4, 0.5) is 5.69 Å². The van der Waals surface area contributed by atoms with Crippen LogP contribution in [0, 0.1) is 0 Å². The molecule has 0 unspecified atom stereocenters. The number of benzene rings is 2. The average Bonchev–Trinajstić information content (AvgIpc) is 3.25. The van der Waals surface area contributed by atoms with E-state index in [0.29, 0.717) is 34.0 Å². The van der Waals surface area contributed by atoms with E-state index in [9.17, 15) is 14.4 Å². The number of carbonyl (C=O) groups is 3. The molecular weight excluding hydrogens is 386 g/mol. The minimum absolute atomic E-state index is 0.120. The number of fused-ring (bicyclic) bond motifs is 2. The van der Waals surface area contributed by atoms with Crippen LogP contribution in [0.5, 0.6) is 11.5 Å². The van der Waals surface area contributed by atoms with Crippen molar-refractivity contribution in [3.63, 3.8) is 0 Å². The second-order valence-electron chi connectivity index (χ2n) is 7.16. The van der Waals surface area contributed by atoms with Crippen LogP contribution in [-0.2, 0) is 19.9 Å². The van der Waals surface area contributed by atoms with Gasteiger partial charge in [-0.25, -0.2) is 9.91 Å². The first kappa shape index (κ1) is 19.6. The molecule has 1 atom stereocenters. The molecule has 30 heavy (non-hydrogen) atoms.